The van der Waals surface area contributed by atoms with Crippen LogP contribution < -0.4 is 0 Å². The number of carbonyl (C=O) groups excluding carboxylic acids is 1. The predicted molar refractivity (Wildman–Crippen MR) is 72.7 cm³/mol. The predicted octanol–water partition coefficient (Wildman–Crippen LogP) is 4.15. The summed E-state index contributed by atoms with van der Waals surface area (Å²) in [6.07, 6.45) is 4.33. The molecule has 5 heteroatoms. The number of rotatable bonds is 4. The average molecular weight is 278 g/mol. The lowest BCUT2D eigenvalue weighted by atomic mass is 10.4. The maximum absolute atomic E-state index is 10.3. The van der Waals surface area contributed by atoms with Crippen LogP contribution in [-0.2, 0) is 9.53 Å². The minimum Gasteiger partial charge on any atom is -0.463 e. The molecular formula is C12H17Cl2NO2. The van der Waals surface area contributed by atoms with Crippen LogP contribution in [-0.4, -0.2) is 12.6 Å². The van der Waals surface area contributed by atoms with Gasteiger partial charge in [-0.3, -0.25) is 0 Å². The van der Waals surface area contributed by atoms with E-state index in [2.05, 4.69) is 24.5 Å². The van der Waals surface area contributed by atoms with Crippen LogP contribution in [0.5, 0.6) is 0 Å². The van der Waals surface area contributed by atoms with Crippen molar-refractivity contribution >= 4 is 29.2 Å². The van der Waals surface area contributed by atoms with Crippen molar-refractivity contribution in [3.05, 3.63) is 36.4 Å². The number of hydrogen-bond acceptors (Lipinski definition) is 3. The van der Waals surface area contributed by atoms with Gasteiger partial charge in [0.15, 0.2) is 0 Å². The molecule has 17 heavy (non-hydrogen) atoms. The number of carbonyl (C=O) groups is 1. The highest BCUT2D eigenvalue weighted by atomic mass is 35.5. The lowest BCUT2D eigenvalue weighted by molar-refractivity contribution is -0.137. The van der Waals surface area contributed by atoms with E-state index >= 15 is 0 Å². The van der Waals surface area contributed by atoms with E-state index in [9.17, 15) is 4.79 Å². The molecule has 0 spiro atoms. The SMILES string of the molecule is C=C(Cl)Cl.C=CC#N.C=CC(=O)OCCCC. The summed E-state index contributed by atoms with van der Waals surface area (Å²) in [5, 5.41) is 7.51. The Morgan fingerprint density at radius 1 is 1.47 bits per heavy atom. The van der Waals surface area contributed by atoms with E-state index in [-0.39, 0.29) is 10.5 Å². The third-order valence-corrected chi connectivity index (χ3v) is 1.00. The van der Waals surface area contributed by atoms with E-state index in [4.69, 9.17) is 28.5 Å². The molecule has 0 rings (SSSR count). The van der Waals surface area contributed by atoms with Crippen LogP contribution in [0.1, 0.15) is 19.8 Å². The van der Waals surface area contributed by atoms with Gasteiger partial charge in [-0.05, 0) is 6.42 Å². The summed E-state index contributed by atoms with van der Waals surface area (Å²) in [6, 6.07) is 1.69. The first-order chi connectivity index (χ1) is 7.95. The lowest BCUT2D eigenvalue weighted by Gasteiger charge is -1.97. The van der Waals surface area contributed by atoms with Crippen molar-refractivity contribution in [3.8, 4) is 6.07 Å². The highest BCUT2D eigenvalue weighted by Gasteiger charge is 1.91. The van der Waals surface area contributed by atoms with E-state index < -0.39 is 0 Å². The van der Waals surface area contributed by atoms with E-state index in [1.54, 1.807) is 6.07 Å². The van der Waals surface area contributed by atoms with Crippen LogP contribution in [0, 0.1) is 11.3 Å². The second-order valence-corrected chi connectivity index (χ2v) is 3.50. The van der Waals surface area contributed by atoms with E-state index in [1.165, 1.54) is 12.2 Å². The number of ether oxygens (including phenoxy) is 1. The van der Waals surface area contributed by atoms with Gasteiger partial charge in [0.05, 0.1) is 17.2 Å². The van der Waals surface area contributed by atoms with Gasteiger partial charge in [0, 0.05) is 12.2 Å². The van der Waals surface area contributed by atoms with E-state index in [0.717, 1.165) is 12.8 Å². The van der Waals surface area contributed by atoms with Gasteiger partial charge in [-0.25, -0.2) is 4.79 Å². The van der Waals surface area contributed by atoms with Gasteiger partial charge < -0.3 is 4.74 Å². The van der Waals surface area contributed by atoms with E-state index in [1.807, 2.05) is 6.92 Å². The molecule has 0 atom stereocenters. The Morgan fingerprint density at radius 2 is 1.88 bits per heavy atom. The first-order valence-corrected chi connectivity index (χ1v) is 5.51. The number of unbranched alkanes of at least 4 members (excludes halogenated alkanes) is 1. The second-order valence-electron chi connectivity index (χ2n) is 2.40. The fourth-order valence-electron chi connectivity index (χ4n) is 0.376. The molecule has 0 heterocycles. The van der Waals surface area contributed by atoms with Gasteiger partial charge >= 0.3 is 5.97 Å². The van der Waals surface area contributed by atoms with Crippen molar-refractivity contribution in [2.75, 3.05) is 6.61 Å². The molecule has 0 saturated heterocycles. The van der Waals surface area contributed by atoms with Crippen LogP contribution >= 0.6 is 23.2 Å². The minimum absolute atomic E-state index is 0.111. The van der Waals surface area contributed by atoms with Crippen molar-refractivity contribution in [1.29, 1.82) is 5.26 Å². The largest absolute Gasteiger partial charge is 0.463 e. The zero-order valence-electron chi connectivity index (χ0n) is 9.92. The summed E-state index contributed by atoms with van der Waals surface area (Å²) < 4.78 is 4.79. The first-order valence-electron chi connectivity index (χ1n) is 4.75. The third-order valence-electron chi connectivity index (χ3n) is 1.00. The lowest BCUT2D eigenvalue weighted by Crippen LogP contribution is -2.00. The fourth-order valence-corrected chi connectivity index (χ4v) is 0.376. The van der Waals surface area contributed by atoms with Crippen LogP contribution in [0.25, 0.3) is 0 Å². The standard InChI is InChI=1S/C7H12O2.C3H3N.C2H2Cl2/c1-3-5-6-9-7(8)4-2;1-2-3-4;1-2(3)4/h4H,2-3,5-6H2,1H3;2H,1H2;1H2. The Kier molecular flexibility index (Phi) is 25.1. The summed E-state index contributed by atoms with van der Waals surface area (Å²) in [6.45, 7) is 12.0. The number of nitriles is 1. The molecule has 0 N–H and O–H groups in total. The fraction of sp³-hybridized carbons (Fsp3) is 0.333. The number of allylic oxidation sites excluding steroid dienone is 1. The van der Waals surface area contributed by atoms with Crippen LogP contribution in [0.3, 0.4) is 0 Å². The van der Waals surface area contributed by atoms with E-state index in [0.29, 0.717) is 6.61 Å². The average Bonchev–Trinajstić information content (AvgIpc) is 2.29. The Balaban J connectivity index is -0.000000205. The topological polar surface area (TPSA) is 50.1 Å². The third kappa shape index (κ3) is 52.6. The zero-order valence-corrected chi connectivity index (χ0v) is 11.4. The summed E-state index contributed by atoms with van der Waals surface area (Å²) in [5.41, 5.74) is 0. The van der Waals surface area contributed by atoms with Crippen LogP contribution in [0.4, 0.5) is 0 Å². The van der Waals surface area contributed by atoms with Gasteiger partial charge in [0.25, 0.3) is 0 Å². The van der Waals surface area contributed by atoms with Crippen molar-refractivity contribution < 1.29 is 9.53 Å². The summed E-state index contributed by atoms with van der Waals surface area (Å²) in [4.78, 5) is 10.3. The molecule has 0 saturated carbocycles. The minimum atomic E-state index is -0.330. The second kappa shape index (κ2) is 20.2. The first kappa shape index (κ1) is 21.1. The Labute approximate surface area is 113 Å². The smallest absolute Gasteiger partial charge is 0.330 e. The highest BCUT2D eigenvalue weighted by molar-refractivity contribution is 6.55. The molecule has 0 aromatic rings. The van der Waals surface area contributed by atoms with Crippen molar-refractivity contribution in [2.24, 2.45) is 0 Å². The molecule has 0 aromatic heterocycles. The van der Waals surface area contributed by atoms with Crippen molar-refractivity contribution in [3.63, 3.8) is 0 Å². The quantitative estimate of drug-likeness (QED) is 0.336. The molecule has 0 fully saturated rings. The van der Waals surface area contributed by atoms with Gasteiger partial charge in [-0.15, -0.1) is 0 Å². The van der Waals surface area contributed by atoms with Gasteiger partial charge in [-0.1, -0.05) is 56.3 Å². The molecule has 0 aliphatic heterocycles. The Hall–Kier alpha value is -1.24. The van der Waals surface area contributed by atoms with Gasteiger partial charge in [0.2, 0.25) is 0 Å². The summed E-state index contributed by atoms with van der Waals surface area (Å²) in [7, 11) is 0. The number of nitrogens with zero attached hydrogens (tertiary/aromatic N) is 1. The molecule has 0 unspecified atom stereocenters. The molecular weight excluding hydrogens is 261 g/mol. The maximum Gasteiger partial charge on any atom is 0.330 e. The summed E-state index contributed by atoms with van der Waals surface area (Å²) in [5.74, 6) is -0.330. The van der Waals surface area contributed by atoms with Crippen LogP contribution in [0.15, 0.2) is 36.4 Å². The normalized spacial score (nSPS) is 6.94. The summed E-state index contributed by atoms with van der Waals surface area (Å²) >= 11 is 9.69. The number of hydrogen-bond donors (Lipinski definition) is 0. The molecule has 0 aliphatic rings. The van der Waals surface area contributed by atoms with Crippen LogP contribution in [0.2, 0.25) is 0 Å². The number of esters is 1. The molecule has 0 aromatic carbocycles. The van der Waals surface area contributed by atoms with Gasteiger partial charge in [0.1, 0.15) is 0 Å². The number of halogens is 2. The van der Waals surface area contributed by atoms with Gasteiger partial charge in [-0.2, -0.15) is 5.26 Å². The molecule has 0 aliphatic carbocycles. The molecule has 3 nitrogen and oxygen atoms in total. The monoisotopic (exact) mass is 277 g/mol. The molecule has 0 bridgehead atoms. The van der Waals surface area contributed by atoms with Crippen molar-refractivity contribution in [2.45, 2.75) is 19.8 Å². The zero-order chi connectivity index (χ0) is 14.1. The highest BCUT2D eigenvalue weighted by Crippen LogP contribution is 1.98. The maximum atomic E-state index is 10.3. The Morgan fingerprint density at radius 3 is 2.12 bits per heavy atom. The Bertz CT molecular complexity index is 266. The molecule has 0 radical (unpaired) electrons. The van der Waals surface area contributed by atoms with Crippen molar-refractivity contribution in [1.82, 2.24) is 0 Å². The molecule has 0 amide bonds. The molecule has 96 valence electrons.